The van der Waals surface area contributed by atoms with Crippen LogP contribution in [-0.4, -0.2) is 36.4 Å². The van der Waals surface area contributed by atoms with Gasteiger partial charge in [-0.1, -0.05) is 24.6 Å². The number of benzene rings is 1. The lowest BCUT2D eigenvalue weighted by atomic mass is 9.93. The summed E-state index contributed by atoms with van der Waals surface area (Å²) in [5.74, 6) is -1.26. The molecule has 20 heavy (non-hydrogen) atoms. The molecular formula is C14H19NO4S. The summed E-state index contributed by atoms with van der Waals surface area (Å²) in [4.78, 5) is 11.6. The maximum atomic E-state index is 12.6. The van der Waals surface area contributed by atoms with Gasteiger partial charge in [0.1, 0.15) is 6.04 Å². The standard InChI is InChI=1S/C14H19NO4S/c1-10-5-7-12(8-6-10)20(18,19)15-9-3-4-11(2)13(15)14(16)17/h5-8,11,13H,3-4,9H2,1-2H3,(H,16,17). The van der Waals surface area contributed by atoms with E-state index in [1.165, 1.54) is 12.1 Å². The van der Waals surface area contributed by atoms with Crippen LogP contribution in [-0.2, 0) is 14.8 Å². The van der Waals surface area contributed by atoms with E-state index >= 15 is 0 Å². The fraction of sp³-hybridized carbons (Fsp3) is 0.500. The quantitative estimate of drug-likeness (QED) is 0.924. The predicted octanol–water partition coefficient (Wildman–Crippen LogP) is 1.87. The van der Waals surface area contributed by atoms with Crippen molar-refractivity contribution in [2.24, 2.45) is 5.92 Å². The summed E-state index contributed by atoms with van der Waals surface area (Å²) >= 11 is 0. The smallest absolute Gasteiger partial charge is 0.322 e. The number of carboxylic acid groups (broad SMARTS) is 1. The van der Waals surface area contributed by atoms with E-state index in [0.29, 0.717) is 6.42 Å². The summed E-state index contributed by atoms with van der Waals surface area (Å²) < 4.78 is 26.4. The fourth-order valence-electron chi connectivity index (χ4n) is 2.63. The van der Waals surface area contributed by atoms with E-state index in [9.17, 15) is 18.3 Å². The lowest BCUT2D eigenvalue weighted by Gasteiger charge is -2.36. The zero-order valence-electron chi connectivity index (χ0n) is 11.6. The molecule has 1 aromatic rings. The number of aliphatic carboxylic acids is 1. The normalized spacial score (nSPS) is 24.5. The van der Waals surface area contributed by atoms with Crippen LogP contribution in [0.15, 0.2) is 29.2 Å². The SMILES string of the molecule is Cc1ccc(S(=O)(=O)N2CCCC(C)C2C(=O)O)cc1. The number of rotatable bonds is 3. The van der Waals surface area contributed by atoms with Crippen molar-refractivity contribution in [3.05, 3.63) is 29.8 Å². The van der Waals surface area contributed by atoms with Crippen molar-refractivity contribution in [1.82, 2.24) is 4.31 Å². The second-order valence-electron chi connectivity index (χ2n) is 5.33. The molecule has 0 aliphatic carbocycles. The Morgan fingerprint density at radius 3 is 2.45 bits per heavy atom. The molecule has 1 aliphatic heterocycles. The number of carboxylic acids is 1. The first-order chi connectivity index (χ1) is 9.34. The minimum absolute atomic E-state index is 0.156. The third-order valence-corrected chi connectivity index (χ3v) is 5.66. The van der Waals surface area contributed by atoms with Crippen LogP contribution in [0, 0.1) is 12.8 Å². The van der Waals surface area contributed by atoms with Gasteiger partial charge in [-0.15, -0.1) is 0 Å². The molecule has 1 heterocycles. The highest BCUT2D eigenvalue weighted by atomic mass is 32.2. The average Bonchev–Trinajstić information content (AvgIpc) is 2.38. The van der Waals surface area contributed by atoms with E-state index in [0.717, 1.165) is 16.3 Å². The van der Waals surface area contributed by atoms with Crippen LogP contribution < -0.4 is 0 Å². The Balaban J connectivity index is 2.41. The van der Waals surface area contributed by atoms with Gasteiger partial charge in [0.05, 0.1) is 4.90 Å². The average molecular weight is 297 g/mol. The third-order valence-electron chi connectivity index (χ3n) is 3.77. The Bertz CT molecular complexity index is 594. The van der Waals surface area contributed by atoms with Crippen molar-refractivity contribution in [1.29, 1.82) is 0 Å². The Hall–Kier alpha value is -1.40. The first-order valence-electron chi connectivity index (χ1n) is 6.65. The van der Waals surface area contributed by atoms with E-state index in [1.54, 1.807) is 19.1 Å². The number of sulfonamides is 1. The van der Waals surface area contributed by atoms with Crippen molar-refractivity contribution in [2.75, 3.05) is 6.54 Å². The molecule has 0 aromatic heterocycles. The molecule has 1 aromatic carbocycles. The van der Waals surface area contributed by atoms with Gasteiger partial charge in [0.25, 0.3) is 0 Å². The van der Waals surface area contributed by atoms with Gasteiger partial charge in [-0.25, -0.2) is 8.42 Å². The van der Waals surface area contributed by atoms with Gasteiger partial charge in [-0.2, -0.15) is 4.31 Å². The van der Waals surface area contributed by atoms with Crippen LogP contribution in [0.1, 0.15) is 25.3 Å². The Morgan fingerprint density at radius 1 is 1.30 bits per heavy atom. The molecule has 2 atom stereocenters. The van der Waals surface area contributed by atoms with E-state index < -0.39 is 22.0 Å². The molecule has 1 aliphatic rings. The number of piperidine rings is 1. The van der Waals surface area contributed by atoms with Crippen molar-refractivity contribution in [3.8, 4) is 0 Å². The number of carbonyl (C=O) groups is 1. The first kappa shape index (κ1) is 15.0. The summed E-state index contributed by atoms with van der Waals surface area (Å²) in [5.41, 5.74) is 0.964. The third kappa shape index (κ3) is 2.71. The van der Waals surface area contributed by atoms with Crippen LogP contribution in [0.5, 0.6) is 0 Å². The fourth-order valence-corrected chi connectivity index (χ4v) is 4.35. The molecule has 5 nitrogen and oxygen atoms in total. The summed E-state index contributed by atoms with van der Waals surface area (Å²) in [6, 6.07) is 5.52. The van der Waals surface area contributed by atoms with Crippen LogP contribution in [0.3, 0.4) is 0 Å². The van der Waals surface area contributed by atoms with Crippen LogP contribution in [0.2, 0.25) is 0 Å². The highest BCUT2D eigenvalue weighted by Gasteiger charge is 2.41. The molecule has 0 amide bonds. The van der Waals surface area contributed by atoms with Gasteiger partial charge >= 0.3 is 5.97 Å². The maximum absolute atomic E-state index is 12.6. The second-order valence-corrected chi connectivity index (χ2v) is 7.22. The number of hydrogen-bond donors (Lipinski definition) is 1. The molecular weight excluding hydrogens is 278 g/mol. The first-order valence-corrected chi connectivity index (χ1v) is 8.09. The molecule has 6 heteroatoms. The zero-order valence-corrected chi connectivity index (χ0v) is 12.4. The molecule has 2 unspecified atom stereocenters. The number of nitrogens with zero attached hydrogens (tertiary/aromatic N) is 1. The van der Waals surface area contributed by atoms with Crippen molar-refractivity contribution >= 4 is 16.0 Å². The van der Waals surface area contributed by atoms with E-state index in [2.05, 4.69) is 0 Å². The van der Waals surface area contributed by atoms with Gasteiger partial charge in [-0.3, -0.25) is 4.79 Å². The highest BCUT2D eigenvalue weighted by Crippen LogP contribution is 2.29. The van der Waals surface area contributed by atoms with Crippen LogP contribution >= 0.6 is 0 Å². The monoisotopic (exact) mass is 297 g/mol. The van der Waals surface area contributed by atoms with E-state index in [1.807, 2.05) is 6.92 Å². The van der Waals surface area contributed by atoms with Gasteiger partial charge in [0.2, 0.25) is 10.0 Å². The molecule has 2 rings (SSSR count). The molecule has 0 saturated carbocycles. The largest absolute Gasteiger partial charge is 0.480 e. The van der Waals surface area contributed by atoms with E-state index in [4.69, 9.17) is 0 Å². The van der Waals surface area contributed by atoms with Gasteiger partial charge in [-0.05, 0) is 37.8 Å². The number of hydrogen-bond acceptors (Lipinski definition) is 3. The van der Waals surface area contributed by atoms with Gasteiger partial charge < -0.3 is 5.11 Å². The molecule has 0 bridgehead atoms. The number of aryl methyl sites for hydroxylation is 1. The summed E-state index contributed by atoms with van der Waals surface area (Å²) in [6.45, 7) is 3.92. The molecule has 1 saturated heterocycles. The van der Waals surface area contributed by atoms with Crippen molar-refractivity contribution in [3.63, 3.8) is 0 Å². The Labute approximate surface area is 119 Å². The molecule has 0 spiro atoms. The molecule has 0 radical (unpaired) electrons. The van der Waals surface area contributed by atoms with E-state index in [-0.39, 0.29) is 17.4 Å². The van der Waals surface area contributed by atoms with Gasteiger partial charge in [0, 0.05) is 6.54 Å². The highest BCUT2D eigenvalue weighted by molar-refractivity contribution is 7.89. The minimum atomic E-state index is -3.75. The van der Waals surface area contributed by atoms with Crippen LogP contribution in [0.4, 0.5) is 0 Å². The minimum Gasteiger partial charge on any atom is -0.480 e. The lowest BCUT2D eigenvalue weighted by molar-refractivity contribution is -0.144. The second kappa shape index (κ2) is 5.54. The van der Waals surface area contributed by atoms with Crippen LogP contribution in [0.25, 0.3) is 0 Å². The maximum Gasteiger partial charge on any atom is 0.322 e. The van der Waals surface area contributed by atoms with Gasteiger partial charge in [0.15, 0.2) is 0 Å². The Morgan fingerprint density at radius 2 is 1.90 bits per heavy atom. The molecule has 1 N–H and O–H groups in total. The topological polar surface area (TPSA) is 74.7 Å². The zero-order chi connectivity index (χ0) is 14.9. The molecule has 1 fully saturated rings. The lowest BCUT2D eigenvalue weighted by Crippen LogP contribution is -2.51. The van der Waals surface area contributed by atoms with Crippen molar-refractivity contribution < 1.29 is 18.3 Å². The predicted molar refractivity (Wildman–Crippen MR) is 74.9 cm³/mol. The van der Waals surface area contributed by atoms with Crippen molar-refractivity contribution in [2.45, 2.75) is 37.6 Å². The molecule has 110 valence electrons. The summed E-state index contributed by atoms with van der Waals surface area (Å²) in [7, 11) is -3.75. The summed E-state index contributed by atoms with van der Waals surface area (Å²) in [6.07, 6.45) is 1.42. The Kier molecular flexibility index (Phi) is 4.15. The summed E-state index contributed by atoms with van der Waals surface area (Å²) in [5, 5.41) is 9.33.